The SMILES string of the molecule is CCCNCc1cnc(Oc2ccc(Br)cc2C)c(Cl)c1. The van der Waals surface area contributed by atoms with Gasteiger partial charge in [0, 0.05) is 17.2 Å². The molecule has 0 bridgehead atoms. The first-order valence-electron chi connectivity index (χ1n) is 6.89. The Morgan fingerprint density at radius 1 is 1.33 bits per heavy atom. The van der Waals surface area contributed by atoms with Gasteiger partial charge in [-0.1, -0.05) is 34.5 Å². The van der Waals surface area contributed by atoms with E-state index in [1.165, 1.54) is 0 Å². The topological polar surface area (TPSA) is 34.2 Å². The molecule has 0 aliphatic rings. The van der Waals surface area contributed by atoms with Crippen LogP contribution in [-0.2, 0) is 6.54 Å². The maximum atomic E-state index is 6.25. The van der Waals surface area contributed by atoms with Crippen LogP contribution in [0.3, 0.4) is 0 Å². The smallest absolute Gasteiger partial charge is 0.238 e. The molecule has 0 radical (unpaired) electrons. The van der Waals surface area contributed by atoms with Crippen molar-refractivity contribution in [3.8, 4) is 11.6 Å². The predicted molar refractivity (Wildman–Crippen MR) is 90.2 cm³/mol. The third kappa shape index (κ3) is 4.70. The van der Waals surface area contributed by atoms with Crippen molar-refractivity contribution < 1.29 is 4.74 Å². The largest absolute Gasteiger partial charge is 0.437 e. The fourth-order valence-electron chi connectivity index (χ4n) is 1.88. The Bertz CT molecular complexity index is 619. The number of aryl methyl sites for hydroxylation is 1. The summed E-state index contributed by atoms with van der Waals surface area (Å²) < 4.78 is 6.81. The van der Waals surface area contributed by atoms with Gasteiger partial charge in [0.2, 0.25) is 5.88 Å². The minimum absolute atomic E-state index is 0.432. The number of nitrogens with zero attached hydrogens (tertiary/aromatic N) is 1. The second-order valence-electron chi connectivity index (χ2n) is 4.82. The van der Waals surface area contributed by atoms with Crippen LogP contribution in [0.1, 0.15) is 24.5 Å². The fourth-order valence-corrected chi connectivity index (χ4v) is 2.58. The first-order chi connectivity index (χ1) is 10.1. The third-order valence-electron chi connectivity index (χ3n) is 2.96. The molecule has 1 aromatic heterocycles. The van der Waals surface area contributed by atoms with Crippen molar-refractivity contribution in [3.05, 3.63) is 51.1 Å². The van der Waals surface area contributed by atoms with Gasteiger partial charge >= 0.3 is 0 Å². The van der Waals surface area contributed by atoms with E-state index < -0.39 is 0 Å². The first kappa shape index (κ1) is 16.3. The summed E-state index contributed by atoms with van der Waals surface area (Å²) in [7, 11) is 0. The van der Waals surface area contributed by atoms with Crippen LogP contribution in [0.4, 0.5) is 0 Å². The molecular weight excluding hydrogens is 352 g/mol. The molecule has 2 aromatic rings. The number of ether oxygens (including phenoxy) is 1. The molecule has 21 heavy (non-hydrogen) atoms. The van der Waals surface area contributed by atoms with Crippen LogP contribution in [0, 0.1) is 6.92 Å². The highest BCUT2D eigenvalue weighted by Gasteiger charge is 2.08. The Hall–Kier alpha value is -1.10. The van der Waals surface area contributed by atoms with E-state index >= 15 is 0 Å². The first-order valence-corrected chi connectivity index (χ1v) is 8.06. The van der Waals surface area contributed by atoms with Crippen molar-refractivity contribution in [2.45, 2.75) is 26.8 Å². The molecule has 1 aromatic carbocycles. The van der Waals surface area contributed by atoms with E-state index in [1.54, 1.807) is 6.20 Å². The summed E-state index contributed by atoms with van der Waals surface area (Å²) in [5, 5.41) is 3.84. The summed E-state index contributed by atoms with van der Waals surface area (Å²) >= 11 is 9.68. The average Bonchev–Trinajstić information content (AvgIpc) is 2.44. The standard InChI is InChI=1S/C16H18BrClN2O/c1-3-6-19-9-12-8-14(18)16(20-10-12)21-15-5-4-13(17)7-11(15)2/h4-5,7-8,10,19H,3,6,9H2,1-2H3. The van der Waals surface area contributed by atoms with Crippen LogP contribution in [0.15, 0.2) is 34.9 Å². The van der Waals surface area contributed by atoms with Gasteiger partial charge in [-0.3, -0.25) is 0 Å². The van der Waals surface area contributed by atoms with E-state index in [4.69, 9.17) is 16.3 Å². The van der Waals surface area contributed by atoms with Crippen LogP contribution in [0.2, 0.25) is 5.02 Å². The van der Waals surface area contributed by atoms with Crippen LogP contribution in [0.5, 0.6) is 11.6 Å². The van der Waals surface area contributed by atoms with Crippen molar-refractivity contribution in [1.29, 1.82) is 0 Å². The number of hydrogen-bond acceptors (Lipinski definition) is 3. The van der Waals surface area contributed by atoms with Gasteiger partial charge in [-0.05, 0) is 55.3 Å². The zero-order valence-corrected chi connectivity index (χ0v) is 14.5. The molecule has 2 rings (SSSR count). The summed E-state index contributed by atoms with van der Waals surface area (Å²) in [6.45, 7) is 5.86. The quantitative estimate of drug-likeness (QED) is 0.719. The molecule has 1 N–H and O–H groups in total. The Morgan fingerprint density at radius 3 is 2.81 bits per heavy atom. The highest BCUT2D eigenvalue weighted by Crippen LogP contribution is 2.30. The second kappa shape index (κ2) is 7.78. The van der Waals surface area contributed by atoms with Crippen LogP contribution >= 0.6 is 27.5 Å². The van der Waals surface area contributed by atoms with Gasteiger partial charge in [0.05, 0.1) is 0 Å². The van der Waals surface area contributed by atoms with Crippen LogP contribution in [-0.4, -0.2) is 11.5 Å². The lowest BCUT2D eigenvalue weighted by molar-refractivity contribution is 0.459. The molecule has 0 aliphatic heterocycles. The van der Waals surface area contributed by atoms with Crippen LogP contribution < -0.4 is 10.1 Å². The Labute approximate surface area is 138 Å². The highest BCUT2D eigenvalue weighted by molar-refractivity contribution is 9.10. The minimum Gasteiger partial charge on any atom is -0.437 e. The molecule has 5 heteroatoms. The number of aromatic nitrogens is 1. The molecule has 0 amide bonds. The highest BCUT2D eigenvalue weighted by atomic mass is 79.9. The van der Waals surface area contributed by atoms with E-state index in [-0.39, 0.29) is 0 Å². The summed E-state index contributed by atoms with van der Waals surface area (Å²) in [5.41, 5.74) is 2.07. The summed E-state index contributed by atoms with van der Waals surface area (Å²) in [5.74, 6) is 1.19. The van der Waals surface area contributed by atoms with Crippen molar-refractivity contribution in [2.75, 3.05) is 6.54 Å². The van der Waals surface area contributed by atoms with Crippen molar-refractivity contribution in [1.82, 2.24) is 10.3 Å². The molecule has 0 fully saturated rings. The zero-order chi connectivity index (χ0) is 15.2. The maximum Gasteiger partial charge on any atom is 0.238 e. The average molecular weight is 370 g/mol. The number of nitrogens with one attached hydrogen (secondary N) is 1. The summed E-state index contributed by atoms with van der Waals surface area (Å²) in [4.78, 5) is 4.31. The van der Waals surface area contributed by atoms with E-state index in [2.05, 4.69) is 33.2 Å². The third-order valence-corrected chi connectivity index (χ3v) is 3.73. The molecule has 0 saturated heterocycles. The Balaban J connectivity index is 2.10. The van der Waals surface area contributed by atoms with Gasteiger partial charge < -0.3 is 10.1 Å². The number of halogens is 2. The van der Waals surface area contributed by atoms with Gasteiger partial charge in [-0.15, -0.1) is 0 Å². The summed E-state index contributed by atoms with van der Waals surface area (Å²) in [6, 6.07) is 7.71. The Morgan fingerprint density at radius 2 is 2.14 bits per heavy atom. The fraction of sp³-hybridized carbons (Fsp3) is 0.312. The molecule has 0 spiro atoms. The van der Waals surface area contributed by atoms with Gasteiger partial charge in [0.25, 0.3) is 0 Å². The van der Waals surface area contributed by atoms with Gasteiger partial charge in [-0.25, -0.2) is 4.98 Å². The van der Waals surface area contributed by atoms with E-state index in [0.29, 0.717) is 10.9 Å². The van der Waals surface area contributed by atoms with E-state index in [1.807, 2.05) is 31.2 Å². The molecule has 0 unspecified atom stereocenters. The molecule has 3 nitrogen and oxygen atoms in total. The van der Waals surface area contributed by atoms with Crippen molar-refractivity contribution in [2.24, 2.45) is 0 Å². The lowest BCUT2D eigenvalue weighted by atomic mass is 10.2. The molecule has 0 saturated carbocycles. The molecule has 112 valence electrons. The number of pyridine rings is 1. The normalized spacial score (nSPS) is 10.7. The van der Waals surface area contributed by atoms with E-state index in [0.717, 1.165) is 40.9 Å². The minimum atomic E-state index is 0.432. The monoisotopic (exact) mass is 368 g/mol. The van der Waals surface area contributed by atoms with E-state index in [9.17, 15) is 0 Å². The summed E-state index contributed by atoms with van der Waals surface area (Å²) in [6.07, 6.45) is 2.89. The Kier molecular flexibility index (Phi) is 6.03. The van der Waals surface area contributed by atoms with Crippen molar-refractivity contribution >= 4 is 27.5 Å². The predicted octanol–water partition coefficient (Wildman–Crippen LogP) is 5.10. The lowest BCUT2D eigenvalue weighted by Gasteiger charge is -2.10. The molecular formula is C16H18BrClN2O. The maximum absolute atomic E-state index is 6.25. The number of hydrogen-bond donors (Lipinski definition) is 1. The van der Waals surface area contributed by atoms with Gasteiger partial charge in [-0.2, -0.15) is 0 Å². The molecule has 0 atom stereocenters. The zero-order valence-electron chi connectivity index (χ0n) is 12.1. The second-order valence-corrected chi connectivity index (χ2v) is 6.14. The molecule has 1 heterocycles. The van der Waals surface area contributed by atoms with Gasteiger partial charge in [0.15, 0.2) is 0 Å². The number of benzene rings is 1. The number of rotatable bonds is 6. The molecule has 0 aliphatic carbocycles. The van der Waals surface area contributed by atoms with Gasteiger partial charge in [0.1, 0.15) is 10.8 Å². The lowest BCUT2D eigenvalue weighted by Crippen LogP contribution is -2.13. The van der Waals surface area contributed by atoms with Crippen LogP contribution in [0.25, 0.3) is 0 Å². The van der Waals surface area contributed by atoms with Crippen molar-refractivity contribution in [3.63, 3.8) is 0 Å².